The van der Waals surface area contributed by atoms with Gasteiger partial charge >= 0.3 is 0 Å². The molecule has 1 aliphatic rings. The Hall–Kier alpha value is -3.46. The second kappa shape index (κ2) is 9.19. The Morgan fingerprint density at radius 1 is 1.24 bits per heavy atom. The summed E-state index contributed by atoms with van der Waals surface area (Å²) >= 11 is 5.67. The summed E-state index contributed by atoms with van der Waals surface area (Å²) in [6, 6.07) is 10.6. The van der Waals surface area contributed by atoms with Gasteiger partial charge in [-0.05, 0) is 67.0 Å². The molecule has 1 aliphatic heterocycles. The monoisotopic (exact) mass is 468 g/mol. The van der Waals surface area contributed by atoms with Crippen molar-refractivity contribution >= 4 is 22.9 Å². The van der Waals surface area contributed by atoms with Gasteiger partial charge in [-0.25, -0.2) is 4.39 Å². The lowest BCUT2D eigenvalue weighted by molar-refractivity contribution is 0.371. The van der Waals surface area contributed by atoms with Crippen LogP contribution < -0.4 is 10.1 Å². The van der Waals surface area contributed by atoms with Crippen LogP contribution in [0.4, 0.5) is 4.39 Å². The molecule has 172 valence electrons. The molecule has 0 amide bonds. The van der Waals surface area contributed by atoms with Crippen LogP contribution in [0.15, 0.2) is 52.7 Å². The summed E-state index contributed by atoms with van der Waals surface area (Å²) in [5.41, 5.74) is 3.02. The van der Waals surface area contributed by atoms with Crippen molar-refractivity contribution < 1.29 is 18.8 Å². The van der Waals surface area contributed by atoms with Crippen LogP contribution in [0, 0.1) is 11.7 Å². The molecule has 0 saturated heterocycles. The molecule has 0 spiro atoms. The molecule has 2 heterocycles. The quantitative estimate of drug-likeness (QED) is 0.494. The third-order valence-corrected chi connectivity index (χ3v) is 5.78. The third kappa shape index (κ3) is 4.54. The van der Waals surface area contributed by atoms with Crippen LogP contribution in [0.1, 0.15) is 38.3 Å². The zero-order chi connectivity index (χ0) is 23.7. The number of allylic oxidation sites excluding steroid dienone is 1. The fourth-order valence-corrected chi connectivity index (χ4v) is 4.16. The normalized spacial score (nSPS) is 16.4. The Balaban J connectivity index is 1.82. The molecular weight excluding hydrogens is 443 g/mol. The number of methoxy groups -OCH3 is 1. The van der Waals surface area contributed by atoms with Gasteiger partial charge in [-0.1, -0.05) is 25.1 Å². The van der Waals surface area contributed by atoms with Gasteiger partial charge in [-0.3, -0.25) is 0 Å². The number of nitrogens with zero attached hydrogens (tertiary/aromatic N) is 3. The molecule has 7 nitrogen and oxygen atoms in total. The van der Waals surface area contributed by atoms with Gasteiger partial charge in [0.2, 0.25) is 5.82 Å². The highest BCUT2D eigenvalue weighted by Crippen LogP contribution is 2.40. The first-order chi connectivity index (χ1) is 15.8. The Morgan fingerprint density at radius 3 is 2.61 bits per heavy atom. The average Bonchev–Trinajstić information content (AvgIpc) is 3.26. The zero-order valence-corrected chi connectivity index (χ0v) is 19.6. The lowest BCUT2D eigenvalue weighted by Crippen LogP contribution is -2.47. The maximum atomic E-state index is 13.3. The molecule has 33 heavy (non-hydrogen) atoms. The Labute approximate surface area is 196 Å². The molecule has 1 unspecified atom stereocenters. The molecule has 1 atom stereocenters. The van der Waals surface area contributed by atoms with Gasteiger partial charge in [-0.2, -0.15) is 4.98 Å². The van der Waals surface area contributed by atoms with Gasteiger partial charge in [0.05, 0.1) is 18.7 Å². The van der Waals surface area contributed by atoms with Crippen molar-refractivity contribution in [2.24, 2.45) is 5.92 Å². The zero-order valence-electron chi connectivity index (χ0n) is 18.8. The van der Waals surface area contributed by atoms with E-state index in [1.807, 2.05) is 17.9 Å². The van der Waals surface area contributed by atoms with Crippen LogP contribution in [0.5, 0.6) is 11.5 Å². The smallest absolute Gasteiger partial charge is 0.258 e. The van der Waals surface area contributed by atoms with Crippen molar-refractivity contribution in [1.29, 1.82) is 0 Å². The maximum Gasteiger partial charge on any atom is 0.258 e. The summed E-state index contributed by atoms with van der Waals surface area (Å²) in [6.07, 6.45) is 0. The summed E-state index contributed by atoms with van der Waals surface area (Å²) in [6.45, 7) is 6.90. The van der Waals surface area contributed by atoms with Gasteiger partial charge in [0.15, 0.2) is 16.6 Å². The molecule has 9 heteroatoms. The van der Waals surface area contributed by atoms with Gasteiger partial charge in [0, 0.05) is 17.8 Å². The predicted octanol–water partition coefficient (Wildman–Crippen LogP) is 4.91. The minimum Gasteiger partial charge on any atom is -0.504 e. The summed E-state index contributed by atoms with van der Waals surface area (Å²) in [7, 11) is 1.50. The highest BCUT2D eigenvalue weighted by molar-refractivity contribution is 7.80. The van der Waals surface area contributed by atoms with E-state index in [9.17, 15) is 9.50 Å². The van der Waals surface area contributed by atoms with E-state index in [-0.39, 0.29) is 11.6 Å². The van der Waals surface area contributed by atoms with Gasteiger partial charge in [0.1, 0.15) is 5.82 Å². The number of rotatable bonds is 6. The fourth-order valence-electron chi connectivity index (χ4n) is 3.83. The number of phenolic OH excluding ortho intramolecular Hbond substituents is 1. The van der Waals surface area contributed by atoms with Crippen molar-refractivity contribution in [3.8, 4) is 22.9 Å². The molecule has 2 N–H and O–H groups in total. The van der Waals surface area contributed by atoms with Gasteiger partial charge in [0.25, 0.3) is 5.89 Å². The Kier molecular flexibility index (Phi) is 6.33. The van der Waals surface area contributed by atoms with Crippen molar-refractivity contribution in [2.75, 3.05) is 13.7 Å². The van der Waals surface area contributed by atoms with E-state index < -0.39 is 6.04 Å². The second-order valence-corrected chi connectivity index (χ2v) is 8.63. The molecule has 0 bridgehead atoms. The summed E-state index contributed by atoms with van der Waals surface area (Å²) in [5.74, 6) is 1.08. The molecule has 3 aromatic rings. The molecule has 4 rings (SSSR count). The first kappa shape index (κ1) is 22.7. The van der Waals surface area contributed by atoms with E-state index >= 15 is 0 Å². The highest BCUT2D eigenvalue weighted by atomic mass is 32.1. The maximum absolute atomic E-state index is 13.3. The molecule has 0 fully saturated rings. The minimum atomic E-state index is -0.431. The van der Waals surface area contributed by atoms with Crippen molar-refractivity contribution in [3.63, 3.8) is 0 Å². The number of hydrogen-bond acceptors (Lipinski definition) is 6. The molecular formula is C24H25FN4O3S. The van der Waals surface area contributed by atoms with Gasteiger partial charge < -0.3 is 24.6 Å². The predicted molar refractivity (Wildman–Crippen MR) is 127 cm³/mol. The van der Waals surface area contributed by atoms with Crippen LogP contribution in [-0.2, 0) is 0 Å². The number of phenols is 1. The molecule has 2 aromatic carbocycles. The number of aromatic nitrogens is 2. The summed E-state index contributed by atoms with van der Waals surface area (Å²) in [4.78, 5) is 6.61. The largest absolute Gasteiger partial charge is 0.504 e. The number of benzene rings is 2. The van der Waals surface area contributed by atoms with E-state index in [1.165, 1.54) is 19.2 Å². The van der Waals surface area contributed by atoms with E-state index in [0.29, 0.717) is 40.6 Å². The number of halogens is 1. The van der Waals surface area contributed by atoms with Crippen LogP contribution in [0.25, 0.3) is 17.0 Å². The van der Waals surface area contributed by atoms with E-state index in [0.717, 1.165) is 16.8 Å². The van der Waals surface area contributed by atoms with Crippen molar-refractivity contribution in [2.45, 2.75) is 26.8 Å². The van der Waals surface area contributed by atoms with E-state index in [1.54, 1.807) is 24.3 Å². The lowest BCUT2D eigenvalue weighted by Gasteiger charge is -2.38. The number of ether oxygens (including phenoxy) is 1. The standard InChI is InChI=1S/C24H25FN4O3S/c1-13(2)12-29-14(3)20(23-27-22(28-32-23)15-5-8-17(25)9-6-15)21(26-24(29)33)16-7-10-19(31-4)18(30)11-16/h5-11,13,21,30H,12H2,1-4H3,(H,26,33). The first-order valence-corrected chi connectivity index (χ1v) is 10.9. The Morgan fingerprint density at radius 2 is 1.97 bits per heavy atom. The number of aromatic hydroxyl groups is 1. The van der Waals surface area contributed by atoms with Crippen molar-refractivity contribution in [1.82, 2.24) is 20.4 Å². The number of nitrogens with one attached hydrogen (secondary N) is 1. The fraction of sp³-hybridized carbons (Fsp3) is 0.292. The highest BCUT2D eigenvalue weighted by Gasteiger charge is 2.34. The third-order valence-electron chi connectivity index (χ3n) is 5.44. The van der Waals surface area contributed by atoms with Crippen LogP contribution in [0.2, 0.25) is 0 Å². The van der Waals surface area contributed by atoms with E-state index in [4.69, 9.17) is 21.5 Å². The minimum absolute atomic E-state index is 0.0156. The number of thiocarbonyl (C=S) groups is 1. The molecule has 0 radical (unpaired) electrons. The summed E-state index contributed by atoms with van der Waals surface area (Å²) in [5, 5.41) is 18.4. The number of hydrogen-bond donors (Lipinski definition) is 2. The first-order valence-electron chi connectivity index (χ1n) is 10.5. The average molecular weight is 469 g/mol. The second-order valence-electron chi connectivity index (χ2n) is 8.25. The van der Waals surface area contributed by atoms with Crippen LogP contribution >= 0.6 is 12.2 Å². The Bertz CT molecular complexity index is 1210. The SMILES string of the molecule is COc1ccc(C2NC(=S)N(CC(C)C)C(C)=C2c2nc(-c3ccc(F)cc3)no2)cc1O. The van der Waals surface area contributed by atoms with Gasteiger partial charge in [-0.15, -0.1) is 0 Å². The molecule has 0 saturated carbocycles. The van der Waals surface area contributed by atoms with Crippen LogP contribution in [0.3, 0.4) is 0 Å². The summed E-state index contributed by atoms with van der Waals surface area (Å²) < 4.78 is 24.2. The molecule has 1 aromatic heterocycles. The van der Waals surface area contributed by atoms with Crippen LogP contribution in [-0.4, -0.2) is 38.9 Å². The van der Waals surface area contributed by atoms with E-state index in [2.05, 4.69) is 29.3 Å². The lowest BCUT2D eigenvalue weighted by atomic mass is 9.94. The topological polar surface area (TPSA) is 83.7 Å². The molecule has 0 aliphatic carbocycles. The van der Waals surface area contributed by atoms with Crippen molar-refractivity contribution in [3.05, 3.63) is 65.4 Å².